The van der Waals surface area contributed by atoms with E-state index < -0.39 is 0 Å². The summed E-state index contributed by atoms with van der Waals surface area (Å²) in [6, 6.07) is 7.13. The molecule has 0 radical (unpaired) electrons. The third kappa shape index (κ3) is 2.36. The van der Waals surface area contributed by atoms with Gasteiger partial charge in [0.15, 0.2) is 5.78 Å². The van der Waals surface area contributed by atoms with Crippen molar-refractivity contribution >= 4 is 17.4 Å². The van der Waals surface area contributed by atoms with Crippen molar-refractivity contribution in [3.8, 4) is 0 Å². The monoisotopic (exact) mass is 232 g/mol. The molecule has 0 bridgehead atoms. The maximum Gasteiger partial charge on any atom is 0.227 e. The van der Waals surface area contributed by atoms with E-state index in [0.717, 1.165) is 5.69 Å². The number of carbonyl (C=O) groups is 2. The molecule has 2 N–H and O–H groups in total. The topological polar surface area (TPSA) is 63.4 Å². The zero-order valence-electron chi connectivity index (χ0n) is 9.85. The molecule has 1 aromatic rings. The quantitative estimate of drug-likeness (QED) is 0.796. The van der Waals surface area contributed by atoms with Gasteiger partial charge < -0.3 is 10.6 Å². The smallest absolute Gasteiger partial charge is 0.227 e. The molecule has 1 heterocycles. The fourth-order valence-electron chi connectivity index (χ4n) is 2.07. The van der Waals surface area contributed by atoms with Gasteiger partial charge in [0.1, 0.15) is 0 Å². The standard InChI is InChI=1S/C13H16N2O2/c1-9(16)11-2-4-12(5-3-11)15-8-10(7-14)6-13(15)17/h2-5,10H,6-8,14H2,1H3. The molecule has 17 heavy (non-hydrogen) atoms. The van der Waals surface area contributed by atoms with Crippen LogP contribution in [0.15, 0.2) is 24.3 Å². The highest BCUT2D eigenvalue weighted by Gasteiger charge is 2.29. The summed E-state index contributed by atoms with van der Waals surface area (Å²) in [4.78, 5) is 24.6. The highest BCUT2D eigenvalue weighted by Crippen LogP contribution is 2.24. The second-order valence-corrected chi connectivity index (χ2v) is 4.41. The summed E-state index contributed by atoms with van der Waals surface area (Å²) in [6.45, 7) is 2.74. The number of hydrogen-bond acceptors (Lipinski definition) is 3. The van der Waals surface area contributed by atoms with Crippen LogP contribution >= 0.6 is 0 Å². The van der Waals surface area contributed by atoms with Crippen molar-refractivity contribution < 1.29 is 9.59 Å². The van der Waals surface area contributed by atoms with E-state index in [1.807, 2.05) is 12.1 Å². The Hall–Kier alpha value is -1.68. The molecule has 0 spiro atoms. The van der Waals surface area contributed by atoms with E-state index in [1.165, 1.54) is 6.92 Å². The Bertz CT molecular complexity index is 439. The largest absolute Gasteiger partial charge is 0.330 e. The fraction of sp³-hybridized carbons (Fsp3) is 0.385. The van der Waals surface area contributed by atoms with Crippen LogP contribution < -0.4 is 10.6 Å². The van der Waals surface area contributed by atoms with E-state index in [4.69, 9.17) is 5.73 Å². The Kier molecular flexibility index (Phi) is 3.24. The average molecular weight is 232 g/mol. The maximum atomic E-state index is 11.8. The predicted octanol–water partition coefficient (Wildman–Crippen LogP) is 1.20. The third-order valence-electron chi connectivity index (χ3n) is 3.12. The Morgan fingerprint density at radius 3 is 2.53 bits per heavy atom. The highest BCUT2D eigenvalue weighted by atomic mass is 16.2. The Labute approximate surface area is 100 Å². The Balaban J connectivity index is 2.18. The van der Waals surface area contributed by atoms with Crippen molar-refractivity contribution in [1.29, 1.82) is 0 Å². The van der Waals surface area contributed by atoms with Crippen LogP contribution in [0.4, 0.5) is 5.69 Å². The summed E-state index contributed by atoms with van der Waals surface area (Å²) in [5.41, 5.74) is 7.08. The minimum atomic E-state index is 0.0316. The van der Waals surface area contributed by atoms with Gasteiger partial charge in [0.25, 0.3) is 0 Å². The minimum Gasteiger partial charge on any atom is -0.330 e. The lowest BCUT2D eigenvalue weighted by Gasteiger charge is -2.16. The van der Waals surface area contributed by atoms with Gasteiger partial charge in [-0.1, -0.05) is 0 Å². The van der Waals surface area contributed by atoms with Gasteiger partial charge in [-0.05, 0) is 43.7 Å². The second-order valence-electron chi connectivity index (χ2n) is 4.41. The molecule has 1 aliphatic heterocycles. The summed E-state index contributed by atoms with van der Waals surface area (Å²) >= 11 is 0. The third-order valence-corrected chi connectivity index (χ3v) is 3.12. The molecule has 2 rings (SSSR count). The lowest BCUT2D eigenvalue weighted by atomic mass is 10.1. The number of rotatable bonds is 3. The van der Waals surface area contributed by atoms with Crippen LogP contribution in [0.3, 0.4) is 0 Å². The van der Waals surface area contributed by atoms with Crippen LogP contribution in [-0.2, 0) is 4.79 Å². The van der Waals surface area contributed by atoms with Crippen molar-refractivity contribution in [2.75, 3.05) is 18.0 Å². The molecule has 1 aliphatic rings. The number of ketones is 1. The molecule has 4 nitrogen and oxygen atoms in total. The van der Waals surface area contributed by atoms with Crippen molar-refractivity contribution in [3.05, 3.63) is 29.8 Å². The van der Waals surface area contributed by atoms with Crippen LogP contribution in [0, 0.1) is 5.92 Å². The zero-order chi connectivity index (χ0) is 12.4. The molecule has 1 aromatic carbocycles. The summed E-state index contributed by atoms with van der Waals surface area (Å²) < 4.78 is 0. The minimum absolute atomic E-state index is 0.0316. The van der Waals surface area contributed by atoms with Crippen molar-refractivity contribution in [2.24, 2.45) is 11.7 Å². The molecule has 0 aromatic heterocycles. The van der Waals surface area contributed by atoms with Gasteiger partial charge in [0.2, 0.25) is 5.91 Å². The van der Waals surface area contributed by atoms with E-state index in [1.54, 1.807) is 17.0 Å². The molecule has 1 unspecified atom stereocenters. The Morgan fingerprint density at radius 1 is 1.41 bits per heavy atom. The number of nitrogens with zero attached hydrogens (tertiary/aromatic N) is 1. The zero-order valence-corrected chi connectivity index (χ0v) is 9.85. The number of carbonyl (C=O) groups excluding carboxylic acids is 2. The normalized spacial score (nSPS) is 19.8. The molecule has 1 fully saturated rings. The van der Waals surface area contributed by atoms with E-state index in [9.17, 15) is 9.59 Å². The van der Waals surface area contributed by atoms with Crippen LogP contribution in [0.5, 0.6) is 0 Å². The molecule has 4 heteroatoms. The van der Waals surface area contributed by atoms with E-state index in [2.05, 4.69) is 0 Å². The van der Waals surface area contributed by atoms with Gasteiger partial charge in [0.05, 0.1) is 0 Å². The molecule has 1 atom stereocenters. The average Bonchev–Trinajstić information content (AvgIpc) is 2.71. The molecular formula is C13H16N2O2. The number of benzene rings is 1. The Morgan fingerprint density at radius 2 is 2.06 bits per heavy atom. The first kappa shape index (κ1) is 11.8. The lowest BCUT2D eigenvalue weighted by Crippen LogP contribution is -2.25. The van der Waals surface area contributed by atoms with Gasteiger partial charge in [-0.25, -0.2) is 0 Å². The van der Waals surface area contributed by atoms with Crippen molar-refractivity contribution in [1.82, 2.24) is 0 Å². The van der Waals surface area contributed by atoms with E-state index in [0.29, 0.717) is 25.1 Å². The summed E-state index contributed by atoms with van der Waals surface area (Å²) in [7, 11) is 0. The number of amides is 1. The highest BCUT2D eigenvalue weighted by molar-refractivity contribution is 5.97. The van der Waals surface area contributed by atoms with Crippen LogP contribution in [0.1, 0.15) is 23.7 Å². The van der Waals surface area contributed by atoms with Crippen LogP contribution in [0.25, 0.3) is 0 Å². The van der Waals surface area contributed by atoms with Crippen molar-refractivity contribution in [2.45, 2.75) is 13.3 Å². The molecule has 1 amide bonds. The van der Waals surface area contributed by atoms with Gasteiger partial charge >= 0.3 is 0 Å². The molecule has 1 saturated heterocycles. The van der Waals surface area contributed by atoms with E-state index in [-0.39, 0.29) is 17.6 Å². The van der Waals surface area contributed by atoms with Crippen LogP contribution in [0.2, 0.25) is 0 Å². The molecule has 0 aliphatic carbocycles. The first-order chi connectivity index (χ1) is 8.11. The van der Waals surface area contributed by atoms with Crippen molar-refractivity contribution in [3.63, 3.8) is 0 Å². The van der Waals surface area contributed by atoms with Crippen LogP contribution in [-0.4, -0.2) is 24.8 Å². The maximum absolute atomic E-state index is 11.8. The van der Waals surface area contributed by atoms with Gasteiger partial charge in [-0.15, -0.1) is 0 Å². The van der Waals surface area contributed by atoms with Gasteiger partial charge in [-0.3, -0.25) is 9.59 Å². The number of hydrogen-bond donors (Lipinski definition) is 1. The summed E-state index contributed by atoms with van der Waals surface area (Å²) in [6.07, 6.45) is 0.519. The number of nitrogens with two attached hydrogens (primary N) is 1. The predicted molar refractivity (Wildman–Crippen MR) is 66.0 cm³/mol. The molecular weight excluding hydrogens is 216 g/mol. The van der Waals surface area contributed by atoms with Gasteiger partial charge in [-0.2, -0.15) is 0 Å². The summed E-state index contributed by atoms with van der Waals surface area (Å²) in [5.74, 6) is 0.384. The molecule has 0 saturated carbocycles. The number of anilines is 1. The summed E-state index contributed by atoms with van der Waals surface area (Å²) in [5, 5.41) is 0. The first-order valence-corrected chi connectivity index (χ1v) is 5.73. The first-order valence-electron chi connectivity index (χ1n) is 5.73. The lowest BCUT2D eigenvalue weighted by molar-refractivity contribution is -0.117. The van der Waals surface area contributed by atoms with Gasteiger partial charge in [0, 0.05) is 24.2 Å². The SMILES string of the molecule is CC(=O)c1ccc(N2CC(CN)CC2=O)cc1. The fourth-order valence-corrected chi connectivity index (χ4v) is 2.07. The number of Topliss-reactive ketones (excluding diaryl/α,β-unsaturated/α-hetero) is 1. The second kappa shape index (κ2) is 4.67. The molecule has 90 valence electrons. The van der Waals surface area contributed by atoms with E-state index >= 15 is 0 Å².